The molecule has 0 atom stereocenters. The highest BCUT2D eigenvalue weighted by atomic mass is 35.5. The average molecular weight is 589 g/mol. The van der Waals surface area contributed by atoms with Crippen molar-refractivity contribution in [3.8, 4) is 22.6 Å². The smallest absolute Gasteiger partial charge is 0.303 e. The molecule has 8 nitrogen and oxygen atoms in total. The fourth-order valence-electron chi connectivity index (χ4n) is 5.23. The van der Waals surface area contributed by atoms with Crippen LogP contribution in [-0.4, -0.2) is 77.2 Å². The molecule has 0 bridgehead atoms. The molecule has 0 saturated carbocycles. The molecule has 212 valence electrons. The SMILES string of the molecule is CN1CCN(c2ncc(Oc3cc(-c4cc(Cl)cc(Cl)c4)cc(CN4CCC(CC(=O)O)CC4)c3F)cn2)CC1. The van der Waals surface area contributed by atoms with Crippen LogP contribution in [-0.2, 0) is 11.3 Å². The summed E-state index contributed by atoms with van der Waals surface area (Å²) in [5.74, 6) is -0.0901. The van der Waals surface area contributed by atoms with E-state index < -0.39 is 11.8 Å². The van der Waals surface area contributed by atoms with Crippen molar-refractivity contribution in [1.82, 2.24) is 19.8 Å². The highest BCUT2D eigenvalue weighted by molar-refractivity contribution is 6.35. The first-order chi connectivity index (χ1) is 19.2. The molecule has 2 saturated heterocycles. The number of aromatic nitrogens is 2. The maximum atomic E-state index is 15.9. The molecule has 1 aromatic heterocycles. The number of rotatable bonds is 8. The number of likely N-dealkylation sites (tertiary alicyclic amines) is 1. The van der Waals surface area contributed by atoms with Crippen LogP contribution in [0, 0.1) is 11.7 Å². The number of hydrogen-bond donors (Lipinski definition) is 1. The minimum absolute atomic E-state index is 0.0558. The van der Waals surface area contributed by atoms with E-state index in [0.29, 0.717) is 52.5 Å². The number of halogens is 3. The second kappa shape index (κ2) is 12.7. The molecule has 0 amide bonds. The Labute approximate surface area is 243 Å². The van der Waals surface area contributed by atoms with Crippen LogP contribution in [0.25, 0.3) is 11.1 Å². The van der Waals surface area contributed by atoms with Crippen molar-refractivity contribution < 1.29 is 19.0 Å². The lowest BCUT2D eigenvalue weighted by Crippen LogP contribution is -2.45. The number of anilines is 1. The van der Waals surface area contributed by atoms with Gasteiger partial charge in [0.25, 0.3) is 0 Å². The molecule has 1 N–H and O–H groups in total. The van der Waals surface area contributed by atoms with E-state index in [4.69, 9.17) is 33.0 Å². The number of hydrogen-bond acceptors (Lipinski definition) is 7. The Bertz CT molecular complexity index is 1320. The Morgan fingerprint density at radius 1 is 0.975 bits per heavy atom. The summed E-state index contributed by atoms with van der Waals surface area (Å²) in [6.07, 6.45) is 4.82. The van der Waals surface area contributed by atoms with Gasteiger partial charge in [-0.3, -0.25) is 9.69 Å². The Kier molecular flexibility index (Phi) is 9.05. The Morgan fingerprint density at radius 3 is 2.23 bits per heavy atom. The highest BCUT2D eigenvalue weighted by Gasteiger charge is 2.24. The maximum Gasteiger partial charge on any atom is 0.303 e. The van der Waals surface area contributed by atoms with E-state index in [-0.39, 0.29) is 18.1 Å². The molecular weight excluding hydrogens is 556 g/mol. The first-order valence-corrected chi connectivity index (χ1v) is 14.2. The lowest BCUT2D eigenvalue weighted by atomic mass is 9.93. The number of likely N-dealkylation sites (N-methyl/N-ethyl adjacent to an activating group) is 1. The van der Waals surface area contributed by atoms with Crippen LogP contribution in [0.3, 0.4) is 0 Å². The van der Waals surface area contributed by atoms with Crippen molar-refractivity contribution in [2.75, 3.05) is 51.2 Å². The van der Waals surface area contributed by atoms with Gasteiger partial charge in [-0.2, -0.15) is 0 Å². The monoisotopic (exact) mass is 587 g/mol. The predicted octanol–water partition coefficient (Wildman–Crippen LogP) is 5.82. The fraction of sp³-hybridized carbons (Fsp3) is 0.414. The van der Waals surface area contributed by atoms with E-state index in [1.807, 2.05) is 0 Å². The Hall–Kier alpha value is -2.98. The normalized spacial score (nSPS) is 17.2. The number of nitrogens with zero attached hydrogens (tertiary/aromatic N) is 5. The van der Waals surface area contributed by atoms with E-state index in [9.17, 15) is 4.79 Å². The van der Waals surface area contributed by atoms with E-state index in [1.165, 1.54) is 0 Å². The summed E-state index contributed by atoms with van der Waals surface area (Å²) in [4.78, 5) is 26.5. The van der Waals surface area contributed by atoms with Gasteiger partial charge in [0.05, 0.1) is 12.4 Å². The van der Waals surface area contributed by atoms with Crippen molar-refractivity contribution in [1.29, 1.82) is 0 Å². The molecule has 5 rings (SSSR count). The molecular formula is C29H32Cl2FN5O3. The van der Waals surface area contributed by atoms with Gasteiger partial charge >= 0.3 is 5.97 Å². The second-order valence-electron chi connectivity index (χ2n) is 10.5. The van der Waals surface area contributed by atoms with Crippen LogP contribution in [0.4, 0.5) is 10.3 Å². The summed E-state index contributed by atoms with van der Waals surface area (Å²) in [6, 6.07) is 8.63. The summed E-state index contributed by atoms with van der Waals surface area (Å²) in [5, 5.41) is 10.1. The van der Waals surface area contributed by atoms with Gasteiger partial charge in [0.2, 0.25) is 5.95 Å². The number of carbonyl (C=O) groups is 1. The molecule has 0 spiro atoms. The van der Waals surface area contributed by atoms with Crippen molar-refractivity contribution in [2.24, 2.45) is 5.92 Å². The number of ether oxygens (including phenoxy) is 1. The van der Waals surface area contributed by atoms with Crippen molar-refractivity contribution >= 4 is 35.1 Å². The van der Waals surface area contributed by atoms with Gasteiger partial charge in [-0.1, -0.05) is 23.2 Å². The van der Waals surface area contributed by atoms with E-state index in [0.717, 1.165) is 44.6 Å². The molecule has 3 aromatic rings. The molecule has 0 radical (unpaired) electrons. The first-order valence-electron chi connectivity index (χ1n) is 13.4. The summed E-state index contributed by atoms with van der Waals surface area (Å²) in [7, 11) is 2.09. The second-order valence-corrected chi connectivity index (χ2v) is 11.4. The molecule has 40 heavy (non-hydrogen) atoms. The van der Waals surface area contributed by atoms with Crippen LogP contribution >= 0.6 is 23.2 Å². The summed E-state index contributed by atoms with van der Waals surface area (Å²) >= 11 is 12.5. The number of carboxylic acids is 1. The zero-order valence-electron chi connectivity index (χ0n) is 22.3. The summed E-state index contributed by atoms with van der Waals surface area (Å²) in [6.45, 7) is 5.31. The third-order valence-electron chi connectivity index (χ3n) is 7.50. The zero-order chi connectivity index (χ0) is 28.2. The summed E-state index contributed by atoms with van der Waals surface area (Å²) < 4.78 is 21.9. The van der Waals surface area contributed by atoms with Gasteiger partial charge in [0.15, 0.2) is 17.3 Å². The maximum absolute atomic E-state index is 15.9. The average Bonchev–Trinajstić information content (AvgIpc) is 2.92. The molecule has 3 heterocycles. The number of piperidine rings is 1. The van der Waals surface area contributed by atoms with Gasteiger partial charge in [0.1, 0.15) is 0 Å². The third kappa shape index (κ3) is 7.20. The van der Waals surface area contributed by atoms with E-state index in [1.54, 1.807) is 42.7 Å². The third-order valence-corrected chi connectivity index (χ3v) is 7.94. The first kappa shape index (κ1) is 28.5. The molecule has 2 aliphatic heterocycles. The van der Waals surface area contributed by atoms with Gasteiger partial charge in [-0.15, -0.1) is 0 Å². The molecule has 0 aliphatic carbocycles. The largest absolute Gasteiger partial charge is 0.481 e. The van der Waals surface area contributed by atoms with Gasteiger partial charge < -0.3 is 19.6 Å². The molecule has 0 unspecified atom stereocenters. The molecule has 11 heteroatoms. The lowest BCUT2D eigenvalue weighted by molar-refractivity contribution is -0.138. The lowest BCUT2D eigenvalue weighted by Gasteiger charge is -2.32. The van der Waals surface area contributed by atoms with Crippen LogP contribution in [0.1, 0.15) is 24.8 Å². The fourth-order valence-corrected chi connectivity index (χ4v) is 5.75. The standard InChI is InChI=1S/C29H32Cl2FN5O3/c1-35-6-8-37(9-7-35)29-33-16-25(17-34-29)40-26-14-20(21-12-23(30)15-24(31)13-21)11-22(28(26)32)18-36-4-2-19(3-5-36)10-27(38)39/h11-17,19H,2-10,18H2,1H3,(H,38,39). The number of aliphatic carboxylic acids is 1. The molecule has 2 aliphatic rings. The Balaban J connectivity index is 1.39. The zero-order valence-corrected chi connectivity index (χ0v) is 23.8. The minimum atomic E-state index is -0.778. The van der Waals surface area contributed by atoms with E-state index in [2.05, 4.69) is 31.7 Å². The van der Waals surface area contributed by atoms with Crippen LogP contribution in [0.5, 0.6) is 11.5 Å². The van der Waals surface area contributed by atoms with Crippen molar-refractivity contribution in [2.45, 2.75) is 25.8 Å². The van der Waals surface area contributed by atoms with Crippen molar-refractivity contribution in [3.63, 3.8) is 0 Å². The molecule has 2 aromatic carbocycles. The topological polar surface area (TPSA) is 82.0 Å². The number of benzene rings is 2. The van der Waals surface area contributed by atoms with Crippen molar-refractivity contribution in [3.05, 3.63) is 64.2 Å². The minimum Gasteiger partial charge on any atom is -0.481 e. The Morgan fingerprint density at radius 2 is 1.60 bits per heavy atom. The van der Waals surface area contributed by atoms with Gasteiger partial charge in [0, 0.05) is 54.8 Å². The highest BCUT2D eigenvalue weighted by Crippen LogP contribution is 2.35. The van der Waals surface area contributed by atoms with E-state index >= 15 is 4.39 Å². The van der Waals surface area contributed by atoms with Crippen LogP contribution in [0.15, 0.2) is 42.7 Å². The van der Waals surface area contributed by atoms with Crippen LogP contribution < -0.4 is 9.64 Å². The van der Waals surface area contributed by atoms with Gasteiger partial charge in [-0.05, 0) is 80.4 Å². The van der Waals surface area contributed by atoms with Crippen LogP contribution in [0.2, 0.25) is 10.0 Å². The number of carboxylic acid groups (broad SMARTS) is 1. The molecule has 2 fully saturated rings. The number of piperazine rings is 1. The van der Waals surface area contributed by atoms with Gasteiger partial charge in [-0.25, -0.2) is 14.4 Å². The quantitative estimate of drug-likeness (QED) is 0.353. The summed E-state index contributed by atoms with van der Waals surface area (Å²) in [5.41, 5.74) is 1.92. The predicted molar refractivity (Wildman–Crippen MR) is 154 cm³/mol.